The maximum atomic E-state index is 8.91. The fraction of sp³-hybridized carbons (Fsp3) is 0.750. The Morgan fingerprint density at radius 3 is 2.82 bits per heavy atom. The van der Waals surface area contributed by atoms with E-state index >= 15 is 0 Å². The molecule has 0 aliphatic rings. The maximum Gasteiger partial charge on any atom is 0.0861 e. The lowest BCUT2D eigenvalue weighted by Crippen LogP contribution is -2.14. The van der Waals surface area contributed by atoms with Crippen molar-refractivity contribution < 1.29 is 10.2 Å². The molecule has 0 fully saturated rings. The second-order valence-electron chi connectivity index (χ2n) is 2.09. The van der Waals surface area contributed by atoms with Gasteiger partial charge in [-0.2, -0.15) is 11.8 Å². The third-order valence-corrected chi connectivity index (χ3v) is 2.18. The van der Waals surface area contributed by atoms with Crippen LogP contribution in [0.15, 0.2) is 0 Å². The lowest BCUT2D eigenvalue weighted by atomic mass is 10.4. The van der Waals surface area contributed by atoms with Crippen LogP contribution in [-0.2, 0) is 0 Å². The summed E-state index contributed by atoms with van der Waals surface area (Å²) < 4.78 is 0. The number of aliphatic hydroxyl groups excluding tert-OH is 2. The van der Waals surface area contributed by atoms with E-state index < -0.39 is 6.10 Å². The van der Waals surface area contributed by atoms with E-state index in [4.69, 9.17) is 10.2 Å². The molecule has 1 unspecified atom stereocenters. The van der Waals surface area contributed by atoms with Gasteiger partial charge < -0.3 is 10.2 Å². The molecule has 0 aromatic carbocycles. The average molecular weight is 174 g/mol. The molecule has 0 rings (SSSR count). The van der Waals surface area contributed by atoms with Crippen LogP contribution in [0, 0.1) is 11.8 Å². The first-order chi connectivity index (χ1) is 5.31. The Labute approximate surface area is 72.0 Å². The van der Waals surface area contributed by atoms with Gasteiger partial charge in [-0.1, -0.05) is 0 Å². The van der Waals surface area contributed by atoms with E-state index in [0.29, 0.717) is 5.75 Å². The Morgan fingerprint density at radius 1 is 1.55 bits per heavy atom. The Balaban J connectivity index is 3.05. The molecule has 0 aromatic rings. The summed E-state index contributed by atoms with van der Waals surface area (Å²) in [6, 6.07) is 0. The van der Waals surface area contributed by atoms with Crippen molar-refractivity contribution >= 4 is 11.8 Å². The quantitative estimate of drug-likeness (QED) is 0.470. The fourth-order valence-corrected chi connectivity index (χ4v) is 1.31. The second-order valence-corrected chi connectivity index (χ2v) is 3.24. The Bertz CT molecular complexity index is 137. The van der Waals surface area contributed by atoms with Crippen LogP contribution in [0.2, 0.25) is 0 Å². The Hall–Kier alpha value is -0.170. The van der Waals surface area contributed by atoms with Crippen LogP contribution >= 0.6 is 11.8 Å². The van der Waals surface area contributed by atoms with E-state index in [1.54, 1.807) is 11.8 Å². The molecule has 1 atom stereocenters. The van der Waals surface area contributed by atoms with Gasteiger partial charge in [-0.15, -0.1) is 11.8 Å². The SMILES string of the molecule is CC#CCCSCC(O)CO. The van der Waals surface area contributed by atoms with Gasteiger partial charge in [-0.25, -0.2) is 0 Å². The van der Waals surface area contributed by atoms with E-state index in [1.807, 2.05) is 6.92 Å². The van der Waals surface area contributed by atoms with Crippen molar-refractivity contribution in [3.63, 3.8) is 0 Å². The van der Waals surface area contributed by atoms with Crippen molar-refractivity contribution in [3.05, 3.63) is 0 Å². The highest BCUT2D eigenvalue weighted by Gasteiger charge is 1.99. The van der Waals surface area contributed by atoms with Crippen molar-refractivity contribution in [2.24, 2.45) is 0 Å². The Morgan fingerprint density at radius 2 is 2.27 bits per heavy atom. The zero-order valence-corrected chi connectivity index (χ0v) is 7.52. The molecule has 3 heteroatoms. The van der Waals surface area contributed by atoms with Crippen molar-refractivity contribution in [3.8, 4) is 11.8 Å². The Kier molecular flexibility index (Phi) is 7.81. The van der Waals surface area contributed by atoms with Crippen LogP contribution in [0.5, 0.6) is 0 Å². The summed E-state index contributed by atoms with van der Waals surface area (Å²) in [5.74, 6) is 7.25. The van der Waals surface area contributed by atoms with Gasteiger partial charge in [0.05, 0.1) is 12.7 Å². The largest absolute Gasteiger partial charge is 0.394 e. The van der Waals surface area contributed by atoms with Gasteiger partial charge >= 0.3 is 0 Å². The molecule has 2 N–H and O–H groups in total. The first-order valence-corrected chi connectivity index (χ1v) is 4.73. The minimum Gasteiger partial charge on any atom is -0.394 e. The maximum absolute atomic E-state index is 8.91. The molecule has 0 bridgehead atoms. The van der Waals surface area contributed by atoms with Gasteiger partial charge in [0.15, 0.2) is 0 Å². The molecule has 0 heterocycles. The molecule has 0 aromatic heterocycles. The normalized spacial score (nSPS) is 11.9. The molecule has 0 spiro atoms. The van der Waals surface area contributed by atoms with Crippen molar-refractivity contribution in [1.82, 2.24) is 0 Å². The summed E-state index contributed by atoms with van der Waals surface area (Å²) >= 11 is 1.61. The van der Waals surface area contributed by atoms with Crippen LogP contribution in [0.1, 0.15) is 13.3 Å². The third kappa shape index (κ3) is 7.73. The first-order valence-electron chi connectivity index (χ1n) is 3.57. The molecule has 0 radical (unpaired) electrons. The smallest absolute Gasteiger partial charge is 0.0861 e. The molecule has 0 aliphatic carbocycles. The van der Waals surface area contributed by atoms with E-state index in [9.17, 15) is 0 Å². The average Bonchev–Trinajstić information content (AvgIpc) is 2.04. The minimum atomic E-state index is -0.574. The predicted octanol–water partition coefficient (Wildman–Crippen LogP) is 0.486. The van der Waals surface area contributed by atoms with Crippen LogP contribution in [0.25, 0.3) is 0 Å². The summed E-state index contributed by atoms with van der Waals surface area (Å²) in [5, 5.41) is 17.4. The van der Waals surface area contributed by atoms with Crippen LogP contribution < -0.4 is 0 Å². The fourth-order valence-electron chi connectivity index (χ4n) is 0.520. The number of hydrogen-bond acceptors (Lipinski definition) is 3. The number of rotatable bonds is 5. The van der Waals surface area contributed by atoms with Crippen LogP contribution in [0.4, 0.5) is 0 Å². The third-order valence-electron chi connectivity index (χ3n) is 1.07. The van der Waals surface area contributed by atoms with Crippen LogP contribution in [-0.4, -0.2) is 34.4 Å². The van der Waals surface area contributed by atoms with E-state index in [1.165, 1.54) is 0 Å². The highest BCUT2D eigenvalue weighted by molar-refractivity contribution is 7.99. The molecule has 64 valence electrons. The molecule has 0 aliphatic heterocycles. The summed E-state index contributed by atoms with van der Waals surface area (Å²) in [7, 11) is 0. The predicted molar refractivity (Wildman–Crippen MR) is 48.5 cm³/mol. The molecule has 2 nitrogen and oxygen atoms in total. The van der Waals surface area contributed by atoms with E-state index in [-0.39, 0.29) is 6.61 Å². The van der Waals surface area contributed by atoms with Crippen molar-refractivity contribution in [1.29, 1.82) is 0 Å². The first kappa shape index (κ1) is 10.8. The number of hydrogen-bond donors (Lipinski definition) is 2. The summed E-state index contributed by atoms with van der Waals surface area (Å²) in [5.41, 5.74) is 0. The van der Waals surface area contributed by atoms with Crippen LogP contribution in [0.3, 0.4) is 0 Å². The van der Waals surface area contributed by atoms with Crippen molar-refractivity contribution in [2.45, 2.75) is 19.4 Å². The van der Waals surface area contributed by atoms with E-state index in [0.717, 1.165) is 12.2 Å². The van der Waals surface area contributed by atoms with Gasteiger partial charge in [0, 0.05) is 17.9 Å². The lowest BCUT2D eigenvalue weighted by Gasteiger charge is -2.03. The number of thioether (sulfide) groups is 1. The zero-order chi connectivity index (χ0) is 8.53. The van der Waals surface area contributed by atoms with Gasteiger partial charge in [-0.05, 0) is 6.92 Å². The summed E-state index contributed by atoms with van der Waals surface area (Å²) in [6.07, 6.45) is 0.286. The highest BCUT2D eigenvalue weighted by Crippen LogP contribution is 2.03. The highest BCUT2D eigenvalue weighted by atomic mass is 32.2. The standard InChI is InChI=1S/C8H14O2S/c1-2-3-4-5-11-7-8(10)6-9/h8-10H,4-7H2,1H3. The topological polar surface area (TPSA) is 40.5 Å². The minimum absolute atomic E-state index is 0.146. The zero-order valence-electron chi connectivity index (χ0n) is 6.71. The van der Waals surface area contributed by atoms with Crippen molar-refractivity contribution in [2.75, 3.05) is 18.1 Å². The number of aliphatic hydroxyl groups is 2. The van der Waals surface area contributed by atoms with Gasteiger partial charge in [0.2, 0.25) is 0 Å². The second kappa shape index (κ2) is 7.93. The summed E-state index contributed by atoms with van der Waals surface area (Å²) in [6.45, 7) is 1.67. The van der Waals surface area contributed by atoms with Gasteiger partial charge in [0.25, 0.3) is 0 Å². The van der Waals surface area contributed by atoms with Gasteiger partial charge in [0.1, 0.15) is 0 Å². The summed E-state index contributed by atoms with van der Waals surface area (Å²) in [4.78, 5) is 0. The van der Waals surface area contributed by atoms with E-state index in [2.05, 4.69) is 11.8 Å². The molecule has 11 heavy (non-hydrogen) atoms. The molecule has 0 saturated heterocycles. The monoisotopic (exact) mass is 174 g/mol. The lowest BCUT2D eigenvalue weighted by molar-refractivity contribution is 0.113. The molecule has 0 amide bonds. The molecular formula is C8H14O2S. The molecular weight excluding hydrogens is 160 g/mol. The van der Waals surface area contributed by atoms with Gasteiger partial charge in [-0.3, -0.25) is 0 Å². The molecule has 0 saturated carbocycles.